The molecule has 1 aromatic rings. The highest BCUT2D eigenvalue weighted by Gasteiger charge is 2.36. The summed E-state index contributed by atoms with van der Waals surface area (Å²) in [5, 5.41) is 12.0. The van der Waals surface area contributed by atoms with Crippen molar-refractivity contribution < 1.29 is 0 Å². The summed E-state index contributed by atoms with van der Waals surface area (Å²) < 4.78 is 0. The molecule has 0 atom stereocenters. The van der Waals surface area contributed by atoms with Gasteiger partial charge in [-0.2, -0.15) is 10.2 Å². The van der Waals surface area contributed by atoms with Gasteiger partial charge in [0.05, 0.1) is 5.69 Å². The van der Waals surface area contributed by atoms with Crippen LogP contribution in [0.1, 0.15) is 37.8 Å². The first kappa shape index (κ1) is 12.1. The number of hydrogen-bond donors (Lipinski definition) is 1. The van der Waals surface area contributed by atoms with Gasteiger partial charge in [-0.15, -0.1) is 0 Å². The predicted octanol–water partition coefficient (Wildman–Crippen LogP) is 1.58. The molecule has 1 aliphatic carbocycles. The van der Waals surface area contributed by atoms with Crippen LogP contribution in [-0.2, 0) is 6.54 Å². The topological polar surface area (TPSA) is 41.1 Å². The van der Waals surface area contributed by atoms with E-state index in [4.69, 9.17) is 0 Å². The quantitative estimate of drug-likeness (QED) is 0.860. The van der Waals surface area contributed by atoms with Crippen molar-refractivity contribution in [1.82, 2.24) is 20.4 Å². The SMILES string of the molecule is c1cnnc(CN2CCCNC3(CCCC3)C2)c1. The van der Waals surface area contributed by atoms with Crippen molar-refractivity contribution >= 4 is 0 Å². The van der Waals surface area contributed by atoms with Gasteiger partial charge in [-0.3, -0.25) is 4.90 Å². The van der Waals surface area contributed by atoms with Crippen LogP contribution in [0.15, 0.2) is 18.3 Å². The third kappa shape index (κ3) is 2.70. The number of hydrogen-bond acceptors (Lipinski definition) is 4. The summed E-state index contributed by atoms with van der Waals surface area (Å²) in [6.07, 6.45) is 8.42. The van der Waals surface area contributed by atoms with Gasteiger partial charge < -0.3 is 5.32 Å². The zero-order valence-electron chi connectivity index (χ0n) is 10.9. The van der Waals surface area contributed by atoms with E-state index in [1.807, 2.05) is 6.07 Å². The first-order valence-electron chi connectivity index (χ1n) is 7.10. The number of nitrogens with zero attached hydrogens (tertiary/aromatic N) is 3. The molecule has 0 bridgehead atoms. The molecule has 1 N–H and O–H groups in total. The van der Waals surface area contributed by atoms with Crippen LogP contribution in [0.2, 0.25) is 0 Å². The first-order chi connectivity index (χ1) is 8.86. The molecule has 1 saturated heterocycles. The van der Waals surface area contributed by atoms with Gasteiger partial charge in [0.15, 0.2) is 0 Å². The Labute approximate surface area is 109 Å². The first-order valence-corrected chi connectivity index (χ1v) is 7.10. The van der Waals surface area contributed by atoms with Crippen LogP contribution >= 0.6 is 0 Å². The van der Waals surface area contributed by atoms with E-state index < -0.39 is 0 Å². The maximum absolute atomic E-state index is 4.21. The van der Waals surface area contributed by atoms with E-state index in [1.54, 1.807) is 6.20 Å². The second-order valence-corrected chi connectivity index (χ2v) is 5.69. The molecule has 0 amide bonds. The zero-order chi connectivity index (χ0) is 12.3. The molecular formula is C14H22N4. The lowest BCUT2D eigenvalue weighted by Gasteiger charge is -2.33. The maximum atomic E-state index is 4.21. The molecule has 18 heavy (non-hydrogen) atoms. The Kier molecular flexibility index (Phi) is 3.57. The van der Waals surface area contributed by atoms with Crippen LogP contribution in [0.25, 0.3) is 0 Å². The van der Waals surface area contributed by atoms with Crippen LogP contribution in [0, 0.1) is 0 Å². The average Bonchev–Trinajstić information content (AvgIpc) is 2.75. The van der Waals surface area contributed by atoms with E-state index in [0.717, 1.165) is 18.8 Å². The number of nitrogens with one attached hydrogen (secondary N) is 1. The summed E-state index contributed by atoms with van der Waals surface area (Å²) in [5.74, 6) is 0. The standard InChI is InChI=1S/C14H22N4/c1-2-7-14(6-1)12-18(10-4-8-15-14)11-13-5-3-9-16-17-13/h3,5,9,15H,1-2,4,6-8,10-12H2. The lowest BCUT2D eigenvalue weighted by molar-refractivity contribution is 0.201. The third-order valence-corrected chi connectivity index (χ3v) is 4.25. The second-order valence-electron chi connectivity index (χ2n) is 5.69. The minimum atomic E-state index is 0.388. The van der Waals surface area contributed by atoms with Crippen molar-refractivity contribution in [1.29, 1.82) is 0 Å². The summed E-state index contributed by atoms with van der Waals surface area (Å²) in [6.45, 7) is 4.45. The van der Waals surface area contributed by atoms with Gasteiger partial charge in [-0.25, -0.2) is 0 Å². The molecule has 2 aliphatic rings. The minimum Gasteiger partial charge on any atom is -0.310 e. The highest BCUT2D eigenvalue weighted by molar-refractivity contribution is 5.02. The zero-order valence-corrected chi connectivity index (χ0v) is 10.9. The minimum absolute atomic E-state index is 0.388. The molecule has 1 saturated carbocycles. The normalized spacial score (nSPS) is 24.2. The molecule has 1 spiro atoms. The molecule has 1 aliphatic heterocycles. The molecule has 1 aromatic heterocycles. The average molecular weight is 246 g/mol. The van der Waals surface area contributed by atoms with Gasteiger partial charge in [-0.05, 0) is 44.5 Å². The predicted molar refractivity (Wildman–Crippen MR) is 71.1 cm³/mol. The van der Waals surface area contributed by atoms with Crippen molar-refractivity contribution in [2.24, 2.45) is 0 Å². The molecular weight excluding hydrogens is 224 g/mol. The van der Waals surface area contributed by atoms with Gasteiger partial charge in [0.2, 0.25) is 0 Å². The van der Waals surface area contributed by atoms with Gasteiger partial charge in [0, 0.05) is 24.8 Å². The fraction of sp³-hybridized carbons (Fsp3) is 0.714. The third-order valence-electron chi connectivity index (χ3n) is 4.25. The Bertz CT molecular complexity index is 373. The molecule has 4 heteroatoms. The Hall–Kier alpha value is -1.00. The maximum Gasteiger partial charge on any atom is 0.0771 e. The second kappa shape index (κ2) is 5.33. The van der Waals surface area contributed by atoms with Crippen molar-refractivity contribution in [2.75, 3.05) is 19.6 Å². The van der Waals surface area contributed by atoms with Crippen molar-refractivity contribution in [3.63, 3.8) is 0 Å². The molecule has 2 fully saturated rings. The molecule has 0 radical (unpaired) electrons. The summed E-state index contributed by atoms with van der Waals surface area (Å²) in [5.41, 5.74) is 1.48. The highest BCUT2D eigenvalue weighted by atomic mass is 15.2. The largest absolute Gasteiger partial charge is 0.310 e. The van der Waals surface area contributed by atoms with Gasteiger partial charge >= 0.3 is 0 Å². The van der Waals surface area contributed by atoms with E-state index in [9.17, 15) is 0 Å². The van der Waals surface area contributed by atoms with Crippen LogP contribution in [0.3, 0.4) is 0 Å². The molecule has 0 unspecified atom stereocenters. The Morgan fingerprint density at radius 2 is 2.17 bits per heavy atom. The van der Waals surface area contributed by atoms with Crippen molar-refractivity contribution in [3.8, 4) is 0 Å². The van der Waals surface area contributed by atoms with Crippen LogP contribution in [0.5, 0.6) is 0 Å². The Balaban J connectivity index is 1.68. The van der Waals surface area contributed by atoms with Gasteiger partial charge in [0.25, 0.3) is 0 Å². The van der Waals surface area contributed by atoms with Crippen molar-refractivity contribution in [2.45, 2.75) is 44.2 Å². The van der Waals surface area contributed by atoms with E-state index in [2.05, 4.69) is 26.5 Å². The van der Waals surface area contributed by atoms with E-state index >= 15 is 0 Å². The summed E-state index contributed by atoms with van der Waals surface area (Å²) in [6, 6.07) is 4.05. The molecule has 98 valence electrons. The molecule has 4 nitrogen and oxygen atoms in total. The Morgan fingerprint density at radius 1 is 1.28 bits per heavy atom. The summed E-state index contributed by atoms with van der Waals surface area (Å²) >= 11 is 0. The van der Waals surface area contributed by atoms with Gasteiger partial charge in [-0.1, -0.05) is 12.8 Å². The fourth-order valence-corrected chi connectivity index (χ4v) is 3.39. The Morgan fingerprint density at radius 3 is 2.94 bits per heavy atom. The summed E-state index contributed by atoms with van der Waals surface area (Å²) in [7, 11) is 0. The number of aromatic nitrogens is 2. The lowest BCUT2D eigenvalue weighted by atomic mass is 9.97. The fourth-order valence-electron chi connectivity index (χ4n) is 3.39. The van der Waals surface area contributed by atoms with Crippen LogP contribution < -0.4 is 5.32 Å². The highest BCUT2D eigenvalue weighted by Crippen LogP contribution is 2.31. The molecule has 2 heterocycles. The molecule has 3 rings (SSSR count). The van der Waals surface area contributed by atoms with E-state index in [1.165, 1.54) is 45.2 Å². The lowest BCUT2D eigenvalue weighted by Crippen LogP contribution is -2.49. The van der Waals surface area contributed by atoms with Gasteiger partial charge in [0.1, 0.15) is 0 Å². The van der Waals surface area contributed by atoms with E-state index in [0.29, 0.717) is 5.54 Å². The van der Waals surface area contributed by atoms with Crippen LogP contribution in [-0.4, -0.2) is 40.3 Å². The van der Waals surface area contributed by atoms with E-state index in [-0.39, 0.29) is 0 Å². The summed E-state index contributed by atoms with van der Waals surface area (Å²) in [4.78, 5) is 2.55. The number of rotatable bonds is 2. The van der Waals surface area contributed by atoms with Crippen LogP contribution in [0.4, 0.5) is 0 Å². The smallest absolute Gasteiger partial charge is 0.0771 e. The van der Waals surface area contributed by atoms with Crippen molar-refractivity contribution in [3.05, 3.63) is 24.0 Å². The monoisotopic (exact) mass is 246 g/mol. The molecule has 0 aromatic carbocycles.